The van der Waals surface area contributed by atoms with Crippen molar-refractivity contribution in [1.82, 2.24) is 19.2 Å². The molecule has 4 heterocycles. The summed E-state index contributed by atoms with van der Waals surface area (Å²) in [7, 11) is 0. The fraction of sp³-hybridized carbons (Fsp3) is 0.294. The van der Waals surface area contributed by atoms with Crippen molar-refractivity contribution < 1.29 is 4.79 Å². The molecular formula is C17H16N4OS. The molecule has 0 N–H and O–H groups in total. The van der Waals surface area contributed by atoms with Crippen LogP contribution in [-0.4, -0.2) is 38.2 Å². The van der Waals surface area contributed by atoms with Gasteiger partial charge in [0.15, 0.2) is 5.65 Å². The number of pyridine rings is 2. The Kier molecular flexibility index (Phi) is 3.53. The molecule has 1 atom stereocenters. The van der Waals surface area contributed by atoms with Crippen molar-refractivity contribution in [3.8, 4) is 0 Å². The molecule has 23 heavy (non-hydrogen) atoms. The summed E-state index contributed by atoms with van der Waals surface area (Å²) in [6.45, 7) is 3.41. The summed E-state index contributed by atoms with van der Waals surface area (Å²) in [4.78, 5) is 24.4. The fourth-order valence-corrected chi connectivity index (χ4v) is 3.55. The Morgan fingerprint density at radius 1 is 1.35 bits per heavy atom. The van der Waals surface area contributed by atoms with Crippen molar-refractivity contribution in [2.45, 2.75) is 19.3 Å². The van der Waals surface area contributed by atoms with Gasteiger partial charge >= 0.3 is 0 Å². The Hall–Kier alpha value is -2.34. The summed E-state index contributed by atoms with van der Waals surface area (Å²) < 4.78 is 4.22. The van der Waals surface area contributed by atoms with E-state index >= 15 is 0 Å². The third-order valence-corrected chi connectivity index (χ3v) is 4.92. The third kappa shape index (κ3) is 2.70. The van der Waals surface area contributed by atoms with Crippen molar-refractivity contribution in [1.29, 1.82) is 0 Å². The van der Waals surface area contributed by atoms with E-state index in [0.29, 0.717) is 12.2 Å². The van der Waals surface area contributed by atoms with E-state index < -0.39 is 0 Å². The number of hydrogen-bond donors (Lipinski definition) is 0. The maximum absolute atomic E-state index is 12.5. The second kappa shape index (κ2) is 5.70. The Balaban J connectivity index is 1.54. The minimum Gasteiger partial charge on any atom is -0.337 e. The van der Waals surface area contributed by atoms with Gasteiger partial charge in [0.25, 0.3) is 5.91 Å². The van der Waals surface area contributed by atoms with E-state index in [1.165, 1.54) is 11.5 Å². The van der Waals surface area contributed by atoms with Crippen LogP contribution in [0, 0.1) is 6.92 Å². The highest BCUT2D eigenvalue weighted by atomic mass is 32.1. The average molecular weight is 324 g/mol. The van der Waals surface area contributed by atoms with Crippen LogP contribution in [0.4, 0.5) is 0 Å². The first kappa shape index (κ1) is 14.3. The van der Waals surface area contributed by atoms with E-state index in [1.54, 1.807) is 6.20 Å². The Labute approximate surface area is 138 Å². The van der Waals surface area contributed by atoms with Gasteiger partial charge in [0.05, 0.1) is 0 Å². The van der Waals surface area contributed by atoms with Gasteiger partial charge in [0, 0.05) is 41.2 Å². The molecule has 3 aromatic rings. The number of nitrogens with zero attached hydrogens (tertiary/aromatic N) is 4. The number of aryl methyl sites for hydroxylation is 1. The van der Waals surface area contributed by atoms with E-state index in [2.05, 4.69) is 26.5 Å². The minimum atomic E-state index is 0.0239. The second-order valence-electron chi connectivity index (χ2n) is 5.85. The molecule has 116 valence electrons. The van der Waals surface area contributed by atoms with Crippen LogP contribution in [0.15, 0.2) is 36.5 Å². The normalized spacial score (nSPS) is 17.8. The number of fused-ring (bicyclic) bond motifs is 1. The molecule has 0 aliphatic carbocycles. The molecule has 4 rings (SSSR count). The van der Waals surface area contributed by atoms with Gasteiger partial charge in [0.2, 0.25) is 0 Å². The van der Waals surface area contributed by atoms with Crippen LogP contribution in [0.25, 0.3) is 11.0 Å². The van der Waals surface area contributed by atoms with Gasteiger partial charge in [-0.25, -0.2) is 9.97 Å². The molecule has 1 aliphatic heterocycles. The molecule has 0 spiro atoms. The van der Waals surface area contributed by atoms with Crippen LogP contribution in [0.2, 0.25) is 0 Å². The lowest BCUT2D eigenvalue weighted by molar-refractivity contribution is 0.0786. The number of aromatic nitrogens is 3. The molecule has 0 aromatic carbocycles. The van der Waals surface area contributed by atoms with Crippen LogP contribution >= 0.6 is 11.5 Å². The van der Waals surface area contributed by atoms with Crippen molar-refractivity contribution in [3.63, 3.8) is 0 Å². The zero-order chi connectivity index (χ0) is 15.8. The summed E-state index contributed by atoms with van der Waals surface area (Å²) >= 11 is 1.37. The summed E-state index contributed by atoms with van der Waals surface area (Å²) in [5.41, 5.74) is 2.34. The van der Waals surface area contributed by atoms with Gasteiger partial charge in [-0.05, 0) is 55.2 Å². The van der Waals surface area contributed by atoms with E-state index in [0.717, 1.165) is 34.6 Å². The molecule has 0 saturated carbocycles. The molecular weight excluding hydrogens is 308 g/mol. The van der Waals surface area contributed by atoms with Crippen LogP contribution < -0.4 is 0 Å². The van der Waals surface area contributed by atoms with Crippen LogP contribution in [0.5, 0.6) is 0 Å². The first-order valence-corrected chi connectivity index (χ1v) is 8.42. The van der Waals surface area contributed by atoms with E-state index in [9.17, 15) is 4.79 Å². The number of hydrogen-bond acceptors (Lipinski definition) is 5. The quantitative estimate of drug-likeness (QED) is 0.727. The van der Waals surface area contributed by atoms with Crippen molar-refractivity contribution in [3.05, 3.63) is 52.8 Å². The third-order valence-electron chi connectivity index (χ3n) is 4.23. The largest absolute Gasteiger partial charge is 0.337 e. The Bertz CT molecular complexity index is 876. The van der Waals surface area contributed by atoms with Gasteiger partial charge in [-0.15, -0.1) is 0 Å². The van der Waals surface area contributed by atoms with Crippen LogP contribution in [-0.2, 0) is 0 Å². The summed E-state index contributed by atoms with van der Waals surface area (Å²) in [5.74, 6) is 0.292. The summed E-state index contributed by atoms with van der Waals surface area (Å²) in [6.07, 6.45) is 2.69. The van der Waals surface area contributed by atoms with Gasteiger partial charge in [0.1, 0.15) is 5.69 Å². The monoisotopic (exact) mass is 324 g/mol. The molecule has 5 nitrogen and oxygen atoms in total. The molecule has 0 bridgehead atoms. The average Bonchev–Trinajstić information content (AvgIpc) is 3.23. The lowest BCUT2D eigenvalue weighted by Gasteiger charge is -2.15. The molecule has 0 radical (unpaired) electrons. The standard InChI is InChI=1S/C17H16N4OS/c1-11-9-15(20-23-11)17(22)21-8-6-13(10-21)14-5-4-12-3-2-7-18-16(12)19-14/h2-5,7,9,13H,6,8,10H2,1H3. The zero-order valence-electron chi connectivity index (χ0n) is 12.8. The van der Waals surface area contributed by atoms with Crippen molar-refractivity contribution in [2.75, 3.05) is 13.1 Å². The van der Waals surface area contributed by atoms with Crippen LogP contribution in [0.1, 0.15) is 33.4 Å². The first-order valence-electron chi connectivity index (χ1n) is 7.65. The SMILES string of the molecule is Cc1cc(C(=O)N2CCC(c3ccc4cccnc4n3)C2)ns1. The molecule has 1 unspecified atom stereocenters. The molecule has 6 heteroatoms. The summed E-state index contributed by atoms with van der Waals surface area (Å²) in [6, 6.07) is 9.89. The lowest BCUT2D eigenvalue weighted by atomic mass is 10.0. The predicted octanol–water partition coefficient (Wildman–Crippen LogP) is 3.02. The highest BCUT2D eigenvalue weighted by Crippen LogP contribution is 2.28. The fourth-order valence-electron chi connectivity index (χ4n) is 3.01. The van der Waals surface area contributed by atoms with Crippen LogP contribution in [0.3, 0.4) is 0 Å². The van der Waals surface area contributed by atoms with E-state index in [4.69, 9.17) is 0 Å². The van der Waals surface area contributed by atoms with Crippen molar-refractivity contribution in [2.24, 2.45) is 0 Å². The van der Waals surface area contributed by atoms with Gasteiger partial charge < -0.3 is 4.90 Å². The maximum atomic E-state index is 12.5. The van der Waals surface area contributed by atoms with Gasteiger partial charge in [-0.1, -0.05) is 0 Å². The predicted molar refractivity (Wildman–Crippen MR) is 89.7 cm³/mol. The second-order valence-corrected chi connectivity index (χ2v) is 6.85. The number of rotatable bonds is 2. The molecule has 3 aromatic heterocycles. The van der Waals surface area contributed by atoms with Gasteiger partial charge in [-0.3, -0.25) is 4.79 Å². The molecule has 1 amide bonds. The number of carbonyl (C=O) groups excluding carboxylic acids is 1. The molecule has 1 fully saturated rings. The van der Waals surface area contributed by atoms with E-state index in [-0.39, 0.29) is 11.8 Å². The lowest BCUT2D eigenvalue weighted by Crippen LogP contribution is -2.28. The van der Waals surface area contributed by atoms with Gasteiger partial charge in [-0.2, -0.15) is 4.37 Å². The summed E-state index contributed by atoms with van der Waals surface area (Å²) in [5, 5.41) is 1.04. The highest BCUT2D eigenvalue weighted by molar-refractivity contribution is 7.05. The Morgan fingerprint density at radius 3 is 3.09 bits per heavy atom. The molecule has 1 saturated heterocycles. The number of carbonyl (C=O) groups is 1. The first-order chi connectivity index (χ1) is 11.2. The maximum Gasteiger partial charge on any atom is 0.273 e. The Morgan fingerprint density at radius 2 is 2.26 bits per heavy atom. The zero-order valence-corrected chi connectivity index (χ0v) is 13.6. The number of likely N-dealkylation sites (tertiary alicyclic amines) is 1. The van der Waals surface area contributed by atoms with Crippen molar-refractivity contribution >= 4 is 28.5 Å². The molecule has 1 aliphatic rings. The minimum absolute atomic E-state index is 0.0239. The highest BCUT2D eigenvalue weighted by Gasteiger charge is 2.29. The smallest absolute Gasteiger partial charge is 0.273 e. The number of amides is 1. The van der Waals surface area contributed by atoms with E-state index in [1.807, 2.05) is 30.0 Å². The topological polar surface area (TPSA) is 59.0 Å².